The zero-order valence-corrected chi connectivity index (χ0v) is 15.8. The van der Waals surface area contributed by atoms with Crippen molar-refractivity contribution in [1.29, 1.82) is 0 Å². The molecule has 1 N–H and O–H groups in total. The molecule has 6 nitrogen and oxygen atoms in total. The van der Waals surface area contributed by atoms with Crippen molar-refractivity contribution in [1.82, 2.24) is 4.90 Å². The topological polar surface area (TPSA) is 75.7 Å². The fraction of sp³-hybridized carbons (Fsp3) is 0.150. The highest BCUT2D eigenvalue weighted by Crippen LogP contribution is 2.33. The van der Waals surface area contributed by atoms with Crippen molar-refractivity contribution in [3.63, 3.8) is 0 Å². The molecular formula is C20H17FN2O4S. The number of carbonyl (C=O) groups is 3. The molecule has 0 bridgehead atoms. The zero-order chi connectivity index (χ0) is 20.1. The van der Waals surface area contributed by atoms with E-state index in [-0.39, 0.29) is 10.6 Å². The SMILES string of the molecule is CCOc1ccccc1/C=C1/SC(=O)N(CC(=O)Nc2ccccc2F)C1=O. The van der Waals surface area contributed by atoms with Gasteiger partial charge in [-0.05, 0) is 43.0 Å². The molecular weight excluding hydrogens is 383 g/mol. The van der Waals surface area contributed by atoms with Crippen LogP contribution in [0.1, 0.15) is 12.5 Å². The van der Waals surface area contributed by atoms with Gasteiger partial charge in [0.25, 0.3) is 11.1 Å². The molecule has 1 aliphatic heterocycles. The van der Waals surface area contributed by atoms with Crippen molar-refractivity contribution >= 4 is 40.6 Å². The molecule has 0 aromatic heterocycles. The van der Waals surface area contributed by atoms with E-state index >= 15 is 0 Å². The quantitative estimate of drug-likeness (QED) is 0.745. The van der Waals surface area contributed by atoms with Crippen LogP contribution in [0, 0.1) is 5.82 Å². The highest BCUT2D eigenvalue weighted by molar-refractivity contribution is 8.18. The number of amides is 3. The van der Waals surface area contributed by atoms with E-state index in [2.05, 4.69) is 5.32 Å². The maximum atomic E-state index is 13.6. The fourth-order valence-electron chi connectivity index (χ4n) is 2.56. The molecule has 2 aromatic carbocycles. The second-order valence-electron chi connectivity index (χ2n) is 5.77. The van der Waals surface area contributed by atoms with Crippen LogP contribution < -0.4 is 10.1 Å². The molecule has 0 atom stereocenters. The van der Waals surface area contributed by atoms with Crippen LogP contribution in [0.15, 0.2) is 53.4 Å². The summed E-state index contributed by atoms with van der Waals surface area (Å²) in [5, 5.41) is 1.80. The number of hydrogen-bond acceptors (Lipinski definition) is 5. The summed E-state index contributed by atoms with van der Waals surface area (Å²) in [5.41, 5.74) is 0.645. The van der Waals surface area contributed by atoms with Crippen LogP contribution in [0.4, 0.5) is 14.9 Å². The van der Waals surface area contributed by atoms with Gasteiger partial charge in [-0.1, -0.05) is 30.3 Å². The average Bonchev–Trinajstić information content (AvgIpc) is 2.93. The van der Waals surface area contributed by atoms with Gasteiger partial charge >= 0.3 is 0 Å². The molecule has 0 spiro atoms. The van der Waals surface area contributed by atoms with Crippen LogP contribution in [0.25, 0.3) is 6.08 Å². The van der Waals surface area contributed by atoms with Crippen LogP contribution in [-0.4, -0.2) is 35.1 Å². The predicted octanol–water partition coefficient (Wildman–Crippen LogP) is 3.90. The number of nitrogens with zero attached hydrogens (tertiary/aromatic N) is 1. The predicted molar refractivity (Wildman–Crippen MR) is 105 cm³/mol. The maximum absolute atomic E-state index is 13.6. The first-order chi connectivity index (χ1) is 13.5. The number of rotatable bonds is 6. The minimum absolute atomic E-state index is 0.0133. The summed E-state index contributed by atoms with van der Waals surface area (Å²) in [4.78, 5) is 37.9. The highest BCUT2D eigenvalue weighted by atomic mass is 32.2. The first-order valence-electron chi connectivity index (χ1n) is 8.51. The van der Waals surface area contributed by atoms with Gasteiger partial charge in [-0.15, -0.1) is 0 Å². The summed E-state index contributed by atoms with van der Waals surface area (Å²) < 4.78 is 19.1. The number of thioether (sulfide) groups is 1. The number of benzene rings is 2. The van der Waals surface area contributed by atoms with Gasteiger partial charge in [0.05, 0.1) is 17.2 Å². The van der Waals surface area contributed by atoms with Gasteiger partial charge in [0, 0.05) is 5.56 Å². The van der Waals surface area contributed by atoms with E-state index in [0.29, 0.717) is 17.9 Å². The molecule has 3 rings (SSSR count). The van der Waals surface area contributed by atoms with Crippen molar-refractivity contribution in [2.24, 2.45) is 0 Å². The lowest BCUT2D eigenvalue weighted by atomic mass is 10.2. The summed E-state index contributed by atoms with van der Waals surface area (Å²) >= 11 is 0.744. The fourth-order valence-corrected chi connectivity index (χ4v) is 3.39. The Labute approximate surface area is 165 Å². The molecule has 0 aliphatic carbocycles. The Morgan fingerprint density at radius 1 is 1.18 bits per heavy atom. The van der Waals surface area contributed by atoms with Crippen LogP contribution in [-0.2, 0) is 9.59 Å². The van der Waals surface area contributed by atoms with Gasteiger partial charge in [-0.3, -0.25) is 19.3 Å². The Bertz CT molecular complexity index is 961. The lowest BCUT2D eigenvalue weighted by Crippen LogP contribution is -2.36. The number of carbonyl (C=O) groups excluding carboxylic acids is 3. The first-order valence-corrected chi connectivity index (χ1v) is 9.33. The summed E-state index contributed by atoms with van der Waals surface area (Å²) in [6.07, 6.45) is 1.56. The second kappa shape index (κ2) is 8.71. The minimum Gasteiger partial charge on any atom is -0.493 e. The molecule has 0 saturated carbocycles. The number of halogens is 1. The second-order valence-corrected chi connectivity index (χ2v) is 6.76. The average molecular weight is 400 g/mol. The number of nitrogens with one attached hydrogen (secondary N) is 1. The van der Waals surface area contributed by atoms with Crippen LogP contribution in [0.3, 0.4) is 0 Å². The van der Waals surface area contributed by atoms with Crippen molar-refractivity contribution < 1.29 is 23.5 Å². The van der Waals surface area contributed by atoms with Gasteiger partial charge in [0.15, 0.2) is 0 Å². The lowest BCUT2D eigenvalue weighted by molar-refractivity contribution is -0.127. The van der Waals surface area contributed by atoms with Crippen LogP contribution in [0.2, 0.25) is 0 Å². The third-order valence-corrected chi connectivity index (χ3v) is 4.74. The Morgan fingerprint density at radius 2 is 1.89 bits per heavy atom. The number of ether oxygens (including phenoxy) is 1. The molecule has 0 unspecified atom stereocenters. The molecule has 1 aliphatic rings. The lowest BCUT2D eigenvalue weighted by Gasteiger charge is -2.12. The molecule has 0 radical (unpaired) electrons. The molecule has 3 amide bonds. The van der Waals surface area contributed by atoms with Gasteiger partial charge in [0.1, 0.15) is 18.1 Å². The Morgan fingerprint density at radius 3 is 2.64 bits per heavy atom. The van der Waals surface area contributed by atoms with E-state index < -0.39 is 29.4 Å². The van der Waals surface area contributed by atoms with E-state index in [1.165, 1.54) is 18.2 Å². The van der Waals surface area contributed by atoms with Crippen LogP contribution in [0.5, 0.6) is 5.75 Å². The first kappa shape index (κ1) is 19.6. The van der Waals surface area contributed by atoms with E-state index in [0.717, 1.165) is 16.7 Å². The summed E-state index contributed by atoms with van der Waals surface area (Å²) in [5.74, 6) is -1.25. The third-order valence-electron chi connectivity index (χ3n) is 3.83. The monoisotopic (exact) mass is 400 g/mol. The van der Waals surface area contributed by atoms with E-state index in [4.69, 9.17) is 4.74 Å². The van der Waals surface area contributed by atoms with Crippen molar-refractivity contribution in [3.05, 3.63) is 64.8 Å². The van der Waals surface area contributed by atoms with Crippen molar-refractivity contribution in [3.8, 4) is 5.75 Å². The molecule has 1 heterocycles. The number of imide groups is 1. The van der Waals surface area contributed by atoms with Gasteiger partial charge in [-0.25, -0.2) is 4.39 Å². The summed E-state index contributed by atoms with van der Waals surface area (Å²) in [6.45, 7) is 1.81. The highest BCUT2D eigenvalue weighted by Gasteiger charge is 2.36. The van der Waals surface area contributed by atoms with Crippen molar-refractivity contribution in [2.45, 2.75) is 6.92 Å². The Balaban J connectivity index is 1.73. The Hall–Kier alpha value is -3.13. The molecule has 1 saturated heterocycles. The molecule has 8 heteroatoms. The van der Waals surface area contributed by atoms with Gasteiger partial charge in [-0.2, -0.15) is 0 Å². The number of hydrogen-bond donors (Lipinski definition) is 1. The smallest absolute Gasteiger partial charge is 0.294 e. The molecule has 1 fully saturated rings. The summed E-state index contributed by atoms with van der Waals surface area (Å²) in [6, 6.07) is 12.8. The Kier molecular flexibility index (Phi) is 6.10. The zero-order valence-electron chi connectivity index (χ0n) is 15.0. The minimum atomic E-state index is -0.664. The molecule has 144 valence electrons. The summed E-state index contributed by atoms with van der Waals surface area (Å²) in [7, 11) is 0. The molecule has 2 aromatic rings. The van der Waals surface area contributed by atoms with Gasteiger partial charge in [0.2, 0.25) is 5.91 Å². The maximum Gasteiger partial charge on any atom is 0.294 e. The number of anilines is 1. The van der Waals surface area contributed by atoms with E-state index in [1.54, 1.807) is 36.4 Å². The largest absolute Gasteiger partial charge is 0.493 e. The third kappa shape index (κ3) is 4.40. The standard InChI is InChI=1S/C20H17FN2O4S/c1-2-27-16-10-6-3-7-13(16)11-17-19(25)23(20(26)28-17)12-18(24)22-15-9-5-4-8-14(15)21/h3-11H,2,12H2,1H3,(H,22,24)/b17-11+. The van der Waals surface area contributed by atoms with Gasteiger partial charge < -0.3 is 10.1 Å². The molecule has 28 heavy (non-hydrogen) atoms. The van der Waals surface area contributed by atoms with E-state index in [1.807, 2.05) is 6.92 Å². The normalized spacial score (nSPS) is 15.2. The van der Waals surface area contributed by atoms with Crippen LogP contribution >= 0.6 is 11.8 Å². The number of para-hydroxylation sites is 2. The van der Waals surface area contributed by atoms with E-state index in [9.17, 15) is 18.8 Å². The van der Waals surface area contributed by atoms with Crippen molar-refractivity contribution in [2.75, 3.05) is 18.5 Å².